The van der Waals surface area contributed by atoms with Crippen LogP contribution in [0.3, 0.4) is 0 Å². The first kappa shape index (κ1) is 11.4. The normalized spacial score (nSPS) is 20.5. The molecule has 82 valence electrons. The molecule has 1 heterocycles. The third kappa shape index (κ3) is 2.95. The fraction of sp³-hybridized carbons (Fsp3) is 0.455. The predicted molar refractivity (Wildman–Crippen MR) is 66.6 cm³/mol. The first-order valence-corrected chi connectivity index (χ1v) is 6.80. The Labute approximate surface area is 106 Å². The highest BCUT2D eigenvalue weighted by atomic mass is 79.9. The second-order valence-corrected chi connectivity index (χ2v) is 4.91. The summed E-state index contributed by atoms with van der Waals surface area (Å²) in [7, 11) is 0. The standard InChI is InChI=1S/C11H12Br2O2/c12-6-8-5-9(1-2-11(8)13)15-10-3-4-14-7-10/h1-2,5,10H,3-4,6-7H2. The molecule has 0 aromatic heterocycles. The van der Waals surface area contributed by atoms with Gasteiger partial charge in [0, 0.05) is 16.2 Å². The van der Waals surface area contributed by atoms with Crippen molar-refractivity contribution in [3.63, 3.8) is 0 Å². The Morgan fingerprint density at radius 1 is 1.47 bits per heavy atom. The molecule has 0 saturated carbocycles. The molecule has 0 spiro atoms. The van der Waals surface area contributed by atoms with Crippen LogP contribution in [0.2, 0.25) is 0 Å². The fourth-order valence-corrected chi connectivity index (χ4v) is 2.75. The highest BCUT2D eigenvalue weighted by Gasteiger charge is 2.17. The predicted octanol–water partition coefficient (Wildman–Crippen LogP) is 3.51. The zero-order chi connectivity index (χ0) is 10.7. The van der Waals surface area contributed by atoms with E-state index in [4.69, 9.17) is 9.47 Å². The van der Waals surface area contributed by atoms with Crippen molar-refractivity contribution in [1.82, 2.24) is 0 Å². The molecule has 2 rings (SSSR count). The summed E-state index contributed by atoms with van der Waals surface area (Å²) in [5, 5.41) is 0.825. The van der Waals surface area contributed by atoms with Crippen LogP contribution in [-0.4, -0.2) is 19.3 Å². The summed E-state index contributed by atoms with van der Waals surface area (Å²) in [5.74, 6) is 0.920. The fourth-order valence-electron chi connectivity index (χ4n) is 1.53. The smallest absolute Gasteiger partial charge is 0.124 e. The minimum Gasteiger partial charge on any atom is -0.488 e. The van der Waals surface area contributed by atoms with Crippen LogP contribution < -0.4 is 4.74 Å². The van der Waals surface area contributed by atoms with E-state index in [1.807, 2.05) is 12.1 Å². The maximum Gasteiger partial charge on any atom is 0.124 e. The van der Waals surface area contributed by atoms with E-state index in [9.17, 15) is 0 Å². The van der Waals surface area contributed by atoms with Crippen LogP contribution >= 0.6 is 31.9 Å². The molecule has 0 aliphatic carbocycles. The summed E-state index contributed by atoms with van der Waals surface area (Å²) in [6.45, 7) is 1.52. The molecule has 1 fully saturated rings. The number of hydrogen-bond donors (Lipinski definition) is 0. The van der Waals surface area contributed by atoms with Gasteiger partial charge in [-0.05, 0) is 23.8 Å². The topological polar surface area (TPSA) is 18.5 Å². The van der Waals surface area contributed by atoms with Crippen LogP contribution in [0.5, 0.6) is 5.75 Å². The van der Waals surface area contributed by atoms with Crippen LogP contribution in [0.1, 0.15) is 12.0 Å². The van der Waals surface area contributed by atoms with E-state index < -0.39 is 0 Å². The van der Waals surface area contributed by atoms with E-state index in [1.165, 1.54) is 5.56 Å². The summed E-state index contributed by atoms with van der Waals surface area (Å²) in [4.78, 5) is 0. The third-order valence-corrected chi connectivity index (χ3v) is 3.73. The Bertz CT molecular complexity index is 335. The Morgan fingerprint density at radius 3 is 3.00 bits per heavy atom. The van der Waals surface area contributed by atoms with Crippen LogP contribution in [0.15, 0.2) is 22.7 Å². The van der Waals surface area contributed by atoms with E-state index in [1.54, 1.807) is 0 Å². The molecule has 1 unspecified atom stereocenters. The lowest BCUT2D eigenvalue weighted by Gasteiger charge is -2.12. The van der Waals surface area contributed by atoms with Crippen LogP contribution in [0.4, 0.5) is 0 Å². The van der Waals surface area contributed by atoms with Crippen molar-refractivity contribution in [2.75, 3.05) is 13.2 Å². The van der Waals surface area contributed by atoms with Crippen molar-refractivity contribution < 1.29 is 9.47 Å². The van der Waals surface area contributed by atoms with Crippen LogP contribution in [-0.2, 0) is 10.1 Å². The monoisotopic (exact) mass is 334 g/mol. The lowest BCUT2D eigenvalue weighted by Crippen LogP contribution is -2.15. The molecule has 1 aromatic rings. The van der Waals surface area contributed by atoms with Crippen LogP contribution in [0, 0.1) is 0 Å². The van der Waals surface area contributed by atoms with Gasteiger partial charge < -0.3 is 9.47 Å². The first-order chi connectivity index (χ1) is 7.29. The number of halogens is 2. The quantitative estimate of drug-likeness (QED) is 0.787. The lowest BCUT2D eigenvalue weighted by atomic mass is 10.2. The number of benzene rings is 1. The van der Waals surface area contributed by atoms with E-state index in [2.05, 4.69) is 37.9 Å². The molecule has 0 amide bonds. The van der Waals surface area contributed by atoms with Gasteiger partial charge in [0.15, 0.2) is 0 Å². The number of rotatable bonds is 3. The number of ether oxygens (including phenoxy) is 2. The summed E-state index contributed by atoms with van der Waals surface area (Å²) < 4.78 is 12.2. The van der Waals surface area contributed by atoms with Gasteiger partial charge in [0.2, 0.25) is 0 Å². The lowest BCUT2D eigenvalue weighted by molar-refractivity contribution is 0.141. The van der Waals surface area contributed by atoms with E-state index >= 15 is 0 Å². The van der Waals surface area contributed by atoms with Gasteiger partial charge in [-0.15, -0.1) is 0 Å². The van der Waals surface area contributed by atoms with Gasteiger partial charge >= 0.3 is 0 Å². The molecule has 0 N–H and O–H groups in total. The molecular formula is C11H12Br2O2. The van der Waals surface area contributed by atoms with Gasteiger partial charge in [0.05, 0.1) is 13.2 Å². The van der Waals surface area contributed by atoms with E-state index in [0.717, 1.165) is 28.6 Å². The average molecular weight is 336 g/mol. The molecule has 1 aliphatic rings. The molecule has 0 radical (unpaired) electrons. The molecule has 1 atom stereocenters. The summed E-state index contributed by atoms with van der Waals surface area (Å²) in [5.41, 5.74) is 1.20. The van der Waals surface area contributed by atoms with Gasteiger partial charge in [-0.1, -0.05) is 31.9 Å². The zero-order valence-corrected chi connectivity index (χ0v) is 11.4. The molecule has 15 heavy (non-hydrogen) atoms. The van der Waals surface area contributed by atoms with Crippen molar-refractivity contribution in [1.29, 1.82) is 0 Å². The van der Waals surface area contributed by atoms with Crippen molar-refractivity contribution in [2.45, 2.75) is 17.9 Å². The molecular weight excluding hydrogens is 324 g/mol. The van der Waals surface area contributed by atoms with Crippen LogP contribution in [0.25, 0.3) is 0 Å². The zero-order valence-electron chi connectivity index (χ0n) is 8.21. The minimum atomic E-state index is 0.217. The Kier molecular flexibility index (Phi) is 4.05. The Balaban J connectivity index is 2.07. The third-order valence-electron chi connectivity index (χ3n) is 2.35. The largest absolute Gasteiger partial charge is 0.488 e. The van der Waals surface area contributed by atoms with Gasteiger partial charge in [-0.2, -0.15) is 0 Å². The maximum atomic E-state index is 5.81. The van der Waals surface area contributed by atoms with Crippen molar-refractivity contribution in [3.05, 3.63) is 28.2 Å². The molecule has 1 aromatic carbocycles. The van der Waals surface area contributed by atoms with Crippen molar-refractivity contribution >= 4 is 31.9 Å². The van der Waals surface area contributed by atoms with Crippen molar-refractivity contribution in [2.24, 2.45) is 0 Å². The number of alkyl halides is 1. The van der Waals surface area contributed by atoms with Gasteiger partial charge in [0.25, 0.3) is 0 Å². The highest BCUT2D eigenvalue weighted by molar-refractivity contribution is 9.10. The summed E-state index contributed by atoms with van der Waals surface area (Å²) >= 11 is 6.94. The molecule has 2 nitrogen and oxygen atoms in total. The molecule has 4 heteroatoms. The average Bonchev–Trinajstić information content (AvgIpc) is 2.73. The molecule has 0 bridgehead atoms. The second-order valence-electron chi connectivity index (χ2n) is 3.49. The first-order valence-electron chi connectivity index (χ1n) is 4.88. The number of hydrogen-bond acceptors (Lipinski definition) is 2. The molecule has 1 saturated heterocycles. The Hall–Kier alpha value is -0.0600. The SMILES string of the molecule is BrCc1cc(OC2CCOC2)ccc1Br. The maximum absolute atomic E-state index is 5.81. The summed E-state index contributed by atoms with van der Waals surface area (Å²) in [6.07, 6.45) is 1.20. The van der Waals surface area contributed by atoms with Crippen molar-refractivity contribution in [3.8, 4) is 5.75 Å². The van der Waals surface area contributed by atoms with Gasteiger partial charge in [-0.25, -0.2) is 0 Å². The van der Waals surface area contributed by atoms with E-state index in [0.29, 0.717) is 6.61 Å². The molecule has 1 aliphatic heterocycles. The highest BCUT2D eigenvalue weighted by Crippen LogP contribution is 2.26. The van der Waals surface area contributed by atoms with Gasteiger partial charge in [-0.3, -0.25) is 0 Å². The minimum absolute atomic E-state index is 0.217. The Morgan fingerprint density at radius 2 is 2.33 bits per heavy atom. The van der Waals surface area contributed by atoms with Gasteiger partial charge in [0.1, 0.15) is 11.9 Å². The van der Waals surface area contributed by atoms with E-state index in [-0.39, 0.29) is 6.10 Å². The second kappa shape index (κ2) is 5.32. The summed E-state index contributed by atoms with van der Waals surface area (Å²) in [6, 6.07) is 6.05.